The molecule has 130 valence electrons. The standard InChI is InChI=1S/C16H15ClN4O3S/c1-20(2)25(23,24)11-7-8-13(17)12(9-11)16(22)19-21-10-18-14-5-3-4-6-15(14)21/h3-10H,1-2H3,(H,19,22). The third kappa shape index (κ3) is 3.23. The molecular weight excluding hydrogens is 364 g/mol. The van der Waals surface area contributed by atoms with Crippen LogP contribution in [-0.4, -0.2) is 42.4 Å². The summed E-state index contributed by atoms with van der Waals surface area (Å²) in [6.07, 6.45) is 1.47. The molecule has 0 radical (unpaired) electrons. The Morgan fingerprint density at radius 2 is 1.92 bits per heavy atom. The van der Waals surface area contributed by atoms with Gasteiger partial charge in [0.1, 0.15) is 6.33 Å². The van der Waals surface area contributed by atoms with E-state index in [4.69, 9.17) is 11.6 Å². The van der Waals surface area contributed by atoms with E-state index in [2.05, 4.69) is 10.4 Å². The highest BCUT2D eigenvalue weighted by Crippen LogP contribution is 2.22. The summed E-state index contributed by atoms with van der Waals surface area (Å²) in [5, 5.41) is 0.152. The quantitative estimate of drug-likeness (QED) is 0.755. The highest BCUT2D eigenvalue weighted by atomic mass is 35.5. The number of rotatable bonds is 4. The van der Waals surface area contributed by atoms with Crippen molar-refractivity contribution in [1.29, 1.82) is 0 Å². The molecule has 2 aromatic carbocycles. The van der Waals surface area contributed by atoms with Crippen LogP contribution in [0, 0.1) is 0 Å². The summed E-state index contributed by atoms with van der Waals surface area (Å²) in [4.78, 5) is 16.7. The van der Waals surface area contributed by atoms with E-state index >= 15 is 0 Å². The van der Waals surface area contributed by atoms with Crippen molar-refractivity contribution in [2.45, 2.75) is 4.90 Å². The van der Waals surface area contributed by atoms with Gasteiger partial charge in [-0.2, -0.15) is 0 Å². The number of imidazole rings is 1. The predicted octanol–water partition coefficient (Wildman–Crippen LogP) is 2.32. The first-order valence-corrected chi connectivity index (χ1v) is 9.08. The molecule has 3 rings (SSSR count). The van der Waals surface area contributed by atoms with Gasteiger partial charge in [-0.25, -0.2) is 22.4 Å². The second-order valence-electron chi connectivity index (χ2n) is 5.47. The molecule has 7 nitrogen and oxygen atoms in total. The Hall–Kier alpha value is -2.42. The minimum absolute atomic E-state index is 0.0115. The zero-order chi connectivity index (χ0) is 18.2. The summed E-state index contributed by atoms with van der Waals surface area (Å²) in [6, 6.07) is 11.3. The molecule has 1 heterocycles. The molecule has 0 aliphatic heterocycles. The van der Waals surface area contributed by atoms with Crippen LogP contribution in [0.1, 0.15) is 10.4 Å². The van der Waals surface area contributed by atoms with Gasteiger partial charge in [-0.15, -0.1) is 0 Å². The Balaban J connectivity index is 1.97. The number of sulfonamides is 1. The third-order valence-electron chi connectivity index (χ3n) is 3.64. The lowest BCUT2D eigenvalue weighted by Crippen LogP contribution is -2.25. The van der Waals surface area contributed by atoms with Gasteiger partial charge < -0.3 is 0 Å². The Labute approximate surface area is 149 Å². The molecule has 1 amide bonds. The van der Waals surface area contributed by atoms with E-state index in [9.17, 15) is 13.2 Å². The van der Waals surface area contributed by atoms with Crippen molar-refractivity contribution in [2.24, 2.45) is 0 Å². The van der Waals surface area contributed by atoms with Gasteiger partial charge in [0.15, 0.2) is 0 Å². The highest BCUT2D eigenvalue weighted by Gasteiger charge is 2.21. The average molecular weight is 379 g/mol. The van der Waals surface area contributed by atoms with Crippen molar-refractivity contribution >= 4 is 38.6 Å². The number of amides is 1. The van der Waals surface area contributed by atoms with E-state index in [-0.39, 0.29) is 15.5 Å². The Morgan fingerprint density at radius 3 is 2.64 bits per heavy atom. The first kappa shape index (κ1) is 17.4. The lowest BCUT2D eigenvalue weighted by molar-refractivity contribution is 0.101. The van der Waals surface area contributed by atoms with Crippen molar-refractivity contribution in [3.05, 3.63) is 59.4 Å². The van der Waals surface area contributed by atoms with Gasteiger partial charge in [0.2, 0.25) is 10.0 Å². The number of carbonyl (C=O) groups is 1. The fourth-order valence-electron chi connectivity index (χ4n) is 2.27. The van der Waals surface area contributed by atoms with E-state index in [1.807, 2.05) is 18.2 Å². The van der Waals surface area contributed by atoms with Crippen molar-refractivity contribution < 1.29 is 13.2 Å². The maximum atomic E-state index is 12.6. The smallest absolute Gasteiger partial charge is 0.267 e. The lowest BCUT2D eigenvalue weighted by atomic mass is 10.2. The molecule has 0 atom stereocenters. The maximum Gasteiger partial charge on any atom is 0.271 e. The first-order valence-electron chi connectivity index (χ1n) is 7.26. The number of hydrogen-bond donors (Lipinski definition) is 1. The van der Waals surface area contributed by atoms with Gasteiger partial charge in [0.05, 0.1) is 26.5 Å². The molecule has 0 aliphatic carbocycles. The molecule has 0 spiro atoms. The zero-order valence-electron chi connectivity index (χ0n) is 13.5. The topological polar surface area (TPSA) is 84.3 Å². The Morgan fingerprint density at radius 1 is 1.20 bits per heavy atom. The van der Waals surface area contributed by atoms with Crippen LogP contribution in [0.3, 0.4) is 0 Å². The van der Waals surface area contributed by atoms with Crippen molar-refractivity contribution in [2.75, 3.05) is 19.5 Å². The van der Waals surface area contributed by atoms with Crippen molar-refractivity contribution in [1.82, 2.24) is 14.0 Å². The number of halogens is 1. The first-order chi connectivity index (χ1) is 11.8. The minimum atomic E-state index is -3.67. The van der Waals surface area contributed by atoms with Crippen molar-refractivity contribution in [3.8, 4) is 0 Å². The summed E-state index contributed by atoms with van der Waals surface area (Å²) in [5.74, 6) is -0.538. The monoisotopic (exact) mass is 378 g/mol. The number of aromatic nitrogens is 2. The number of fused-ring (bicyclic) bond motifs is 1. The van der Waals surface area contributed by atoms with E-state index in [1.54, 1.807) is 6.07 Å². The minimum Gasteiger partial charge on any atom is -0.267 e. The molecule has 3 aromatic rings. The van der Waals surface area contributed by atoms with Gasteiger partial charge in [0.25, 0.3) is 5.91 Å². The molecule has 1 N–H and O–H groups in total. The second-order valence-corrected chi connectivity index (χ2v) is 8.03. The summed E-state index contributed by atoms with van der Waals surface area (Å²) in [6.45, 7) is 0. The number of nitrogens with one attached hydrogen (secondary N) is 1. The summed E-state index contributed by atoms with van der Waals surface area (Å²) in [5.41, 5.74) is 4.14. The Bertz CT molecular complexity index is 1060. The number of benzene rings is 2. The SMILES string of the molecule is CN(C)S(=O)(=O)c1ccc(Cl)c(C(=O)Nn2cnc3ccccc32)c1. The number of para-hydroxylation sites is 2. The molecular formula is C16H15ClN4O3S. The van der Waals surface area contributed by atoms with Gasteiger partial charge in [0, 0.05) is 14.1 Å². The lowest BCUT2D eigenvalue weighted by Gasteiger charge is -2.13. The average Bonchev–Trinajstić information content (AvgIpc) is 2.98. The van der Waals surface area contributed by atoms with E-state index in [0.717, 1.165) is 9.82 Å². The molecule has 0 fully saturated rings. The van der Waals surface area contributed by atoms with Crippen molar-refractivity contribution in [3.63, 3.8) is 0 Å². The normalized spacial score (nSPS) is 11.8. The highest BCUT2D eigenvalue weighted by molar-refractivity contribution is 7.89. The largest absolute Gasteiger partial charge is 0.271 e. The fraction of sp³-hybridized carbons (Fsp3) is 0.125. The van der Waals surface area contributed by atoms with Gasteiger partial charge in [-0.05, 0) is 30.3 Å². The molecule has 0 aliphatic rings. The third-order valence-corrected chi connectivity index (χ3v) is 5.78. The van der Waals surface area contributed by atoms with Crippen LogP contribution in [0.2, 0.25) is 5.02 Å². The van der Waals surface area contributed by atoms with Gasteiger partial charge in [-0.3, -0.25) is 10.2 Å². The molecule has 0 bridgehead atoms. The molecule has 0 saturated carbocycles. The van der Waals surface area contributed by atoms with Crippen LogP contribution in [-0.2, 0) is 10.0 Å². The maximum absolute atomic E-state index is 12.6. The molecule has 9 heteroatoms. The van der Waals surface area contributed by atoms with E-state index < -0.39 is 15.9 Å². The van der Waals surface area contributed by atoms with Crippen LogP contribution in [0.25, 0.3) is 11.0 Å². The van der Waals surface area contributed by atoms with E-state index in [0.29, 0.717) is 5.52 Å². The van der Waals surface area contributed by atoms with Crippen LogP contribution in [0.4, 0.5) is 0 Å². The Kier molecular flexibility index (Phi) is 4.51. The second kappa shape index (κ2) is 6.47. The van der Waals surface area contributed by atoms with Crippen LogP contribution >= 0.6 is 11.6 Å². The van der Waals surface area contributed by atoms with E-state index in [1.165, 1.54) is 43.3 Å². The van der Waals surface area contributed by atoms with Gasteiger partial charge in [-0.1, -0.05) is 23.7 Å². The van der Waals surface area contributed by atoms with Gasteiger partial charge >= 0.3 is 0 Å². The number of carbonyl (C=O) groups excluding carboxylic acids is 1. The zero-order valence-corrected chi connectivity index (χ0v) is 15.0. The molecule has 0 unspecified atom stereocenters. The molecule has 0 saturated heterocycles. The van der Waals surface area contributed by atoms with Crippen LogP contribution < -0.4 is 5.43 Å². The summed E-state index contributed by atoms with van der Waals surface area (Å²) in [7, 11) is -0.835. The van der Waals surface area contributed by atoms with Crippen LogP contribution in [0.5, 0.6) is 0 Å². The number of nitrogens with zero attached hydrogens (tertiary/aromatic N) is 3. The number of hydrogen-bond acceptors (Lipinski definition) is 4. The van der Waals surface area contributed by atoms with Crippen LogP contribution in [0.15, 0.2) is 53.7 Å². The molecule has 25 heavy (non-hydrogen) atoms. The summed E-state index contributed by atoms with van der Waals surface area (Å²) < 4.78 is 27.0. The molecule has 1 aromatic heterocycles. The fourth-order valence-corrected chi connectivity index (χ4v) is 3.40. The summed E-state index contributed by atoms with van der Waals surface area (Å²) >= 11 is 6.08. The predicted molar refractivity (Wildman–Crippen MR) is 95.7 cm³/mol.